The fourth-order valence-corrected chi connectivity index (χ4v) is 4.45. The first-order valence-electron chi connectivity index (χ1n) is 8.60. The van der Waals surface area contributed by atoms with Gasteiger partial charge in [0.05, 0.1) is 16.3 Å². The second kappa shape index (κ2) is 8.31. The molecule has 4 rings (SSSR count). The number of benzene rings is 2. The number of aryl methyl sites for hydroxylation is 1. The third kappa shape index (κ3) is 4.04. The van der Waals surface area contributed by atoms with E-state index in [2.05, 4.69) is 29.3 Å². The minimum Gasteiger partial charge on any atom is -0.293 e. The Bertz CT molecular complexity index is 1110. The maximum atomic E-state index is 12.5. The van der Waals surface area contributed by atoms with Crippen LogP contribution in [0.25, 0.3) is 16.4 Å². The van der Waals surface area contributed by atoms with Crippen LogP contribution in [-0.2, 0) is 0 Å². The number of thioether (sulfide) groups is 1. The van der Waals surface area contributed by atoms with Gasteiger partial charge in [-0.25, -0.2) is 0 Å². The Labute approximate surface area is 176 Å². The number of rotatable bonds is 6. The van der Waals surface area contributed by atoms with Crippen molar-refractivity contribution in [3.8, 4) is 16.4 Å². The van der Waals surface area contributed by atoms with E-state index < -0.39 is 0 Å². The van der Waals surface area contributed by atoms with Crippen LogP contribution < -0.4 is 0 Å². The zero-order valence-electron chi connectivity index (χ0n) is 15.0. The molecule has 0 aliphatic rings. The van der Waals surface area contributed by atoms with Gasteiger partial charge >= 0.3 is 0 Å². The first-order chi connectivity index (χ1) is 13.6. The van der Waals surface area contributed by atoms with E-state index >= 15 is 0 Å². The molecule has 2 aromatic carbocycles. The molecule has 0 unspecified atom stereocenters. The van der Waals surface area contributed by atoms with Crippen molar-refractivity contribution in [3.63, 3.8) is 0 Å². The molecule has 2 heterocycles. The molecule has 0 saturated heterocycles. The Morgan fingerprint density at radius 3 is 2.64 bits per heavy atom. The van der Waals surface area contributed by atoms with E-state index in [1.54, 1.807) is 35.6 Å². The highest BCUT2D eigenvalue weighted by atomic mass is 35.5. The number of aromatic nitrogens is 3. The van der Waals surface area contributed by atoms with Gasteiger partial charge in [-0.05, 0) is 60.3 Å². The average Bonchev–Trinajstić information content (AvgIpc) is 3.36. The van der Waals surface area contributed by atoms with E-state index in [1.165, 1.54) is 11.8 Å². The second-order valence-corrected chi connectivity index (χ2v) is 8.50. The smallest absolute Gasteiger partial charge is 0.196 e. The molecule has 0 aliphatic heterocycles. The molecule has 7 heteroatoms. The van der Waals surface area contributed by atoms with Crippen molar-refractivity contribution >= 4 is 40.5 Å². The number of thiophene rings is 1. The molecule has 0 atom stereocenters. The summed E-state index contributed by atoms with van der Waals surface area (Å²) in [5.41, 5.74) is 2.77. The summed E-state index contributed by atoms with van der Waals surface area (Å²) in [5, 5.41) is 12.1. The molecule has 4 nitrogen and oxygen atoms in total. The molecule has 0 radical (unpaired) electrons. The molecule has 0 spiro atoms. The van der Waals surface area contributed by atoms with Crippen LogP contribution in [-0.4, -0.2) is 26.3 Å². The summed E-state index contributed by atoms with van der Waals surface area (Å²) in [6.45, 7) is 2.05. The molecule has 2 aromatic heterocycles. The number of ketones is 1. The largest absolute Gasteiger partial charge is 0.293 e. The molecule has 0 amide bonds. The Kier molecular flexibility index (Phi) is 5.62. The van der Waals surface area contributed by atoms with Gasteiger partial charge in [-0.3, -0.25) is 9.36 Å². The zero-order chi connectivity index (χ0) is 19.5. The van der Waals surface area contributed by atoms with Gasteiger partial charge in [-0.2, -0.15) is 0 Å². The highest BCUT2D eigenvalue weighted by Crippen LogP contribution is 2.31. The topological polar surface area (TPSA) is 47.8 Å². The van der Waals surface area contributed by atoms with E-state index in [0.717, 1.165) is 22.0 Å². The third-order valence-electron chi connectivity index (χ3n) is 4.13. The number of hydrogen-bond donors (Lipinski definition) is 0. The normalized spacial score (nSPS) is 10.9. The van der Waals surface area contributed by atoms with Crippen LogP contribution in [0.2, 0.25) is 5.02 Å². The molecule has 140 valence electrons. The van der Waals surface area contributed by atoms with Gasteiger partial charge in [0.15, 0.2) is 16.8 Å². The Hall–Kier alpha value is -2.41. The van der Waals surface area contributed by atoms with Crippen molar-refractivity contribution < 1.29 is 4.79 Å². The summed E-state index contributed by atoms with van der Waals surface area (Å²) < 4.78 is 2.01. The van der Waals surface area contributed by atoms with E-state index in [0.29, 0.717) is 15.7 Å². The monoisotopic (exact) mass is 425 g/mol. The lowest BCUT2D eigenvalue weighted by atomic mass is 10.1. The number of nitrogens with zero attached hydrogens (tertiary/aromatic N) is 3. The van der Waals surface area contributed by atoms with Gasteiger partial charge in [0, 0.05) is 10.6 Å². The van der Waals surface area contributed by atoms with Crippen LogP contribution in [0, 0.1) is 6.92 Å². The maximum Gasteiger partial charge on any atom is 0.196 e. The van der Waals surface area contributed by atoms with Crippen molar-refractivity contribution in [2.45, 2.75) is 12.1 Å². The van der Waals surface area contributed by atoms with Gasteiger partial charge in [-0.15, -0.1) is 21.5 Å². The van der Waals surface area contributed by atoms with Crippen molar-refractivity contribution in [2.24, 2.45) is 0 Å². The van der Waals surface area contributed by atoms with Crippen LogP contribution in [0.15, 0.2) is 71.2 Å². The van der Waals surface area contributed by atoms with E-state index in [-0.39, 0.29) is 11.5 Å². The minimum absolute atomic E-state index is 0.0260. The Balaban J connectivity index is 1.65. The summed E-state index contributed by atoms with van der Waals surface area (Å²) in [6, 6.07) is 19.1. The summed E-state index contributed by atoms with van der Waals surface area (Å²) in [4.78, 5) is 13.6. The van der Waals surface area contributed by atoms with Gasteiger partial charge in [0.25, 0.3) is 0 Å². The van der Waals surface area contributed by atoms with E-state index in [4.69, 9.17) is 11.6 Å². The number of carbonyl (C=O) groups is 1. The molecule has 0 aliphatic carbocycles. The SMILES string of the molecule is Cc1cccc(-n2c(SCC(=O)c3ccc(Cl)cc3)nnc2-c2cccs2)c1. The van der Waals surface area contributed by atoms with Crippen molar-refractivity contribution in [3.05, 3.63) is 82.2 Å². The highest BCUT2D eigenvalue weighted by Gasteiger charge is 2.18. The molecular weight excluding hydrogens is 410 g/mol. The minimum atomic E-state index is 0.0260. The van der Waals surface area contributed by atoms with Crippen molar-refractivity contribution in [1.82, 2.24) is 14.8 Å². The predicted molar refractivity (Wildman–Crippen MR) is 116 cm³/mol. The lowest BCUT2D eigenvalue weighted by Gasteiger charge is -2.10. The maximum absolute atomic E-state index is 12.5. The first-order valence-corrected chi connectivity index (χ1v) is 10.8. The lowest BCUT2D eigenvalue weighted by molar-refractivity contribution is 0.102. The lowest BCUT2D eigenvalue weighted by Crippen LogP contribution is -2.05. The standard InChI is InChI=1S/C21H16ClN3OS2/c1-14-4-2-5-17(12-14)25-20(19-6-3-11-27-19)23-24-21(25)28-13-18(26)15-7-9-16(22)10-8-15/h2-12H,13H2,1H3. The molecule has 4 aromatic rings. The molecule has 0 bridgehead atoms. The fraction of sp³-hybridized carbons (Fsp3) is 0.0952. The van der Waals surface area contributed by atoms with Crippen LogP contribution in [0.5, 0.6) is 0 Å². The van der Waals surface area contributed by atoms with Gasteiger partial charge in [0.1, 0.15) is 0 Å². The number of carbonyl (C=O) groups excluding carboxylic acids is 1. The summed E-state index contributed by atoms with van der Waals surface area (Å²) in [5.74, 6) is 1.08. The van der Waals surface area contributed by atoms with Crippen LogP contribution in [0.3, 0.4) is 0 Å². The Morgan fingerprint density at radius 1 is 1.11 bits per heavy atom. The zero-order valence-corrected chi connectivity index (χ0v) is 17.4. The number of Topliss-reactive ketones (excluding diaryl/α,β-unsaturated/α-hetero) is 1. The van der Waals surface area contributed by atoms with E-state index in [9.17, 15) is 4.79 Å². The molecule has 0 saturated carbocycles. The van der Waals surface area contributed by atoms with E-state index in [1.807, 2.05) is 34.2 Å². The summed E-state index contributed by atoms with van der Waals surface area (Å²) in [6.07, 6.45) is 0. The Morgan fingerprint density at radius 2 is 1.93 bits per heavy atom. The fourth-order valence-electron chi connectivity index (χ4n) is 2.78. The molecular formula is C21H16ClN3OS2. The number of halogens is 1. The van der Waals surface area contributed by atoms with Crippen LogP contribution in [0.4, 0.5) is 0 Å². The summed E-state index contributed by atoms with van der Waals surface area (Å²) >= 11 is 8.90. The van der Waals surface area contributed by atoms with Crippen molar-refractivity contribution in [2.75, 3.05) is 5.75 Å². The van der Waals surface area contributed by atoms with Gasteiger partial charge in [0.2, 0.25) is 0 Å². The van der Waals surface area contributed by atoms with Crippen molar-refractivity contribution in [1.29, 1.82) is 0 Å². The van der Waals surface area contributed by atoms with Gasteiger partial charge < -0.3 is 0 Å². The van der Waals surface area contributed by atoms with Crippen LogP contribution >= 0.6 is 34.7 Å². The number of hydrogen-bond acceptors (Lipinski definition) is 5. The second-order valence-electron chi connectivity index (χ2n) is 6.18. The quantitative estimate of drug-likeness (QED) is 0.283. The molecule has 0 N–H and O–H groups in total. The van der Waals surface area contributed by atoms with Crippen LogP contribution in [0.1, 0.15) is 15.9 Å². The first kappa shape index (κ1) is 18.9. The third-order valence-corrected chi connectivity index (χ3v) is 6.18. The van der Waals surface area contributed by atoms with Gasteiger partial charge in [-0.1, -0.05) is 41.6 Å². The average molecular weight is 426 g/mol. The summed E-state index contributed by atoms with van der Waals surface area (Å²) in [7, 11) is 0. The highest BCUT2D eigenvalue weighted by molar-refractivity contribution is 7.99. The molecule has 0 fully saturated rings. The predicted octanol–water partition coefficient (Wildman–Crippen LogP) is 5.93. The molecule has 28 heavy (non-hydrogen) atoms.